The maximum atomic E-state index is 12.5. The van der Waals surface area contributed by atoms with Crippen LogP contribution in [0.15, 0.2) is 21.3 Å². The lowest BCUT2D eigenvalue weighted by atomic mass is 10.0. The van der Waals surface area contributed by atoms with E-state index in [1.165, 1.54) is 4.90 Å². The number of ether oxygens (including phenoxy) is 1. The van der Waals surface area contributed by atoms with Gasteiger partial charge >= 0.3 is 5.63 Å². The molecule has 1 saturated heterocycles. The van der Waals surface area contributed by atoms with Crippen LogP contribution in [0.1, 0.15) is 23.1 Å². The van der Waals surface area contributed by atoms with Crippen LogP contribution >= 0.6 is 0 Å². The van der Waals surface area contributed by atoms with Crippen molar-refractivity contribution in [1.29, 1.82) is 0 Å². The number of benzene rings is 1. The van der Waals surface area contributed by atoms with Crippen LogP contribution in [0.25, 0.3) is 11.0 Å². The van der Waals surface area contributed by atoms with E-state index >= 15 is 0 Å². The van der Waals surface area contributed by atoms with Crippen molar-refractivity contribution in [3.05, 3.63) is 39.2 Å². The number of carbonyl (C=O) groups excluding carboxylic acids is 1. The molecular weight excluding hydrogens is 332 g/mol. The van der Waals surface area contributed by atoms with E-state index in [2.05, 4.69) is 7.05 Å². The summed E-state index contributed by atoms with van der Waals surface area (Å²) in [4.78, 5) is 28.0. The first kappa shape index (κ1) is 17.1. The Hall–Kier alpha value is -2.34. The highest BCUT2D eigenvalue weighted by Crippen LogP contribution is 2.35. The second-order valence-electron chi connectivity index (χ2n) is 7.46. The number of hydrogen-bond donors (Lipinski definition) is 1. The molecule has 26 heavy (non-hydrogen) atoms. The monoisotopic (exact) mass is 357 g/mol. The lowest BCUT2D eigenvalue weighted by Gasteiger charge is -2.30. The summed E-state index contributed by atoms with van der Waals surface area (Å²) in [5.41, 5.74) is 3.06. The summed E-state index contributed by atoms with van der Waals surface area (Å²) in [5, 5.41) is 0.860. The van der Waals surface area contributed by atoms with E-state index in [-0.39, 0.29) is 18.1 Å². The van der Waals surface area contributed by atoms with Gasteiger partial charge in [-0.1, -0.05) is 0 Å². The predicted octanol–water partition coefficient (Wildman–Crippen LogP) is 0.326. The van der Waals surface area contributed by atoms with Gasteiger partial charge in [-0.05, 0) is 49.4 Å². The molecule has 6 nitrogen and oxygen atoms in total. The van der Waals surface area contributed by atoms with Gasteiger partial charge in [-0.3, -0.25) is 4.79 Å². The molecule has 1 aromatic heterocycles. The quantitative estimate of drug-likeness (QED) is 0.804. The molecule has 2 heterocycles. The summed E-state index contributed by atoms with van der Waals surface area (Å²) in [5.74, 6) is 0.663. The molecule has 6 heteroatoms. The van der Waals surface area contributed by atoms with Crippen molar-refractivity contribution in [1.82, 2.24) is 4.90 Å². The van der Waals surface area contributed by atoms with Crippen molar-refractivity contribution in [2.24, 2.45) is 0 Å². The van der Waals surface area contributed by atoms with Crippen molar-refractivity contribution in [2.75, 3.05) is 39.8 Å². The lowest BCUT2D eigenvalue weighted by Crippen LogP contribution is -3.12. The van der Waals surface area contributed by atoms with Gasteiger partial charge in [-0.2, -0.15) is 0 Å². The van der Waals surface area contributed by atoms with Gasteiger partial charge in [0.2, 0.25) is 0 Å². The molecule has 0 atom stereocenters. The maximum Gasteiger partial charge on any atom is 0.339 e. The van der Waals surface area contributed by atoms with E-state index in [9.17, 15) is 9.59 Å². The third kappa shape index (κ3) is 3.09. The molecule has 0 spiro atoms. The first-order valence-electron chi connectivity index (χ1n) is 9.34. The third-order valence-corrected chi connectivity index (χ3v) is 5.50. The molecule has 1 aromatic carbocycles. The van der Waals surface area contributed by atoms with Crippen molar-refractivity contribution < 1.29 is 18.8 Å². The molecule has 1 aliphatic heterocycles. The second-order valence-corrected chi connectivity index (χ2v) is 7.46. The van der Waals surface area contributed by atoms with Gasteiger partial charge in [0.05, 0.1) is 38.6 Å². The van der Waals surface area contributed by atoms with Crippen LogP contribution in [0.4, 0.5) is 0 Å². The number of piperazine rings is 1. The third-order valence-electron chi connectivity index (χ3n) is 5.50. The van der Waals surface area contributed by atoms with E-state index in [1.54, 1.807) is 0 Å². The summed E-state index contributed by atoms with van der Waals surface area (Å²) in [6.45, 7) is 5.44. The fourth-order valence-electron chi connectivity index (χ4n) is 3.99. The standard InChI is InChI=1S/C20H24N2O4/c1-13-10-16(25-12-18(23)22-8-6-21(2)7-9-22)19-14-4-3-5-15(14)20(24)26-17(19)11-13/h10-11H,3-9,12H2,1-2H3/p+1. The summed E-state index contributed by atoms with van der Waals surface area (Å²) >= 11 is 0. The van der Waals surface area contributed by atoms with Gasteiger partial charge in [0.15, 0.2) is 6.61 Å². The molecule has 138 valence electrons. The van der Waals surface area contributed by atoms with E-state index < -0.39 is 0 Å². The molecule has 1 N–H and O–H groups in total. The normalized spacial score (nSPS) is 17.5. The minimum absolute atomic E-state index is 0.0150. The van der Waals surface area contributed by atoms with E-state index in [0.29, 0.717) is 11.3 Å². The summed E-state index contributed by atoms with van der Waals surface area (Å²) in [6.07, 6.45) is 2.56. The number of nitrogens with one attached hydrogen (secondary N) is 1. The number of fused-ring (bicyclic) bond motifs is 3. The van der Waals surface area contributed by atoms with E-state index in [1.807, 2.05) is 24.0 Å². The first-order valence-corrected chi connectivity index (χ1v) is 9.34. The number of aryl methyl sites for hydroxylation is 2. The smallest absolute Gasteiger partial charge is 0.339 e. The van der Waals surface area contributed by atoms with Gasteiger partial charge in [0.25, 0.3) is 5.91 Å². The molecular formula is C20H25N2O4+. The minimum atomic E-state index is -0.238. The molecule has 2 aromatic rings. The van der Waals surface area contributed by atoms with E-state index in [0.717, 1.165) is 67.5 Å². The van der Waals surface area contributed by atoms with Crippen LogP contribution in [0.3, 0.4) is 0 Å². The molecule has 0 bridgehead atoms. The van der Waals surface area contributed by atoms with Gasteiger partial charge in [0, 0.05) is 5.56 Å². The molecule has 1 aliphatic carbocycles. The molecule has 1 fully saturated rings. The Bertz CT molecular complexity index is 910. The molecule has 0 unspecified atom stereocenters. The highest BCUT2D eigenvalue weighted by Gasteiger charge is 2.24. The van der Waals surface area contributed by atoms with Gasteiger partial charge in [-0.25, -0.2) is 4.79 Å². The molecule has 0 radical (unpaired) electrons. The van der Waals surface area contributed by atoms with Gasteiger partial charge < -0.3 is 19.0 Å². The molecule has 0 saturated carbocycles. The van der Waals surface area contributed by atoms with Crippen molar-refractivity contribution >= 4 is 16.9 Å². The Morgan fingerprint density at radius 3 is 2.73 bits per heavy atom. The van der Waals surface area contributed by atoms with Gasteiger partial charge in [0.1, 0.15) is 11.3 Å². The van der Waals surface area contributed by atoms with E-state index in [4.69, 9.17) is 9.15 Å². The zero-order chi connectivity index (χ0) is 18.3. The fourth-order valence-corrected chi connectivity index (χ4v) is 3.99. The average Bonchev–Trinajstić information content (AvgIpc) is 3.10. The zero-order valence-corrected chi connectivity index (χ0v) is 15.4. The number of rotatable bonds is 3. The Kier molecular flexibility index (Phi) is 4.44. The first-order chi connectivity index (χ1) is 12.5. The summed E-state index contributed by atoms with van der Waals surface area (Å²) in [7, 11) is 2.14. The molecule has 2 aliphatic rings. The fraction of sp³-hybridized carbons (Fsp3) is 0.500. The van der Waals surface area contributed by atoms with Crippen LogP contribution in [-0.2, 0) is 17.6 Å². The Morgan fingerprint density at radius 2 is 1.96 bits per heavy atom. The molecule has 1 amide bonds. The molecule has 4 rings (SSSR count). The number of amides is 1. The lowest BCUT2D eigenvalue weighted by molar-refractivity contribution is -0.883. The van der Waals surface area contributed by atoms with Crippen LogP contribution in [-0.4, -0.2) is 50.6 Å². The minimum Gasteiger partial charge on any atom is -0.483 e. The number of carbonyl (C=O) groups is 1. The number of likely N-dealkylation sites (N-methyl/N-ethyl adjacent to an activating group) is 1. The zero-order valence-electron chi connectivity index (χ0n) is 15.4. The highest BCUT2D eigenvalue weighted by atomic mass is 16.5. The largest absolute Gasteiger partial charge is 0.483 e. The Labute approximate surface area is 152 Å². The number of hydrogen-bond acceptors (Lipinski definition) is 4. The van der Waals surface area contributed by atoms with Crippen LogP contribution < -0.4 is 15.3 Å². The topological polar surface area (TPSA) is 64.2 Å². The number of nitrogens with zero attached hydrogens (tertiary/aromatic N) is 1. The Morgan fingerprint density at radius 1 is 1.23 bits per heavy atom. The SMILES string of the molecule is Cc1cc(OCC(=O)N2CC[NH+](C)CC2)c2c3c(c(=O)oc2c1)CCC3. The Balaban J connectivity index is 1.61. The van der Waals surface area contributed by atoms with Crippen molar-refractivity contribution in [2.45, 2.75) is 26.2 Å². The summed E-state index contributed by atoms with van der Waals surface area (Å²) < 4.78 is 11.5. The number of quaternary nitrogens is 1. The second kappa shape index (κ2) is 6.76. The summed E-state index contributed by atoms with van der Waals surface area (Å²) in [6, 6.07) is 3.80. The highest BCUT2D eigenvalue weighted by molar-refractivity contribution is 5.89. The van der Waals surface area contributed by atoms with Crippen molar-refractivity contribution in [3.63, 3.8) is 0 Å². The van der Waals surface area contributed by atoms with Crippen LogP contribution in [0, 0.1) is 6.92 Å². The van der Waals surface area contributed by atoms with Crippen molar-refractivity contribution in [3.8, 4) is 5.75 Å². The average molecular weight is 357 g/mol. The van der Waals surface area contributed by atoms with Gasteiger partial charge in [-0.15, -0.1) is 0 Å². The van der Waals surface area contributed by atoms with Crippen LogP contribution in [0.2, 0.25) is 0 Å². The maximum absolute atomic E-state index is 12.5. The van der Waals surface area contributed by atoms with Crippen LogP contribution in [0.5, 0.6) is 5.75 Å². The predicted molar refractivity (Wildman–Crippen MR) is 97.9 cm³/mol.